The fourth-order valence-corrected chi connectivity index (χ4v) is 2.20. The van der Waals surface area contributed by atoms with Crippen LogP contribution in [-0.2, 0) is 5.41 Å². The third-order valence-corrected chi connectivity index (χ3v) is 3.64. The fraction of sp³-hybridized carbons (Fsp3) is 0.316. The van der Waals surface area contributed by atoms with Gasteiger partial charge in [0.25, 0.3) is 0 Å². The first-order chi connectivity index (χ1) is 10.9. The molecule has 1 N–H and O–H groups in total. The van der Waals surface area contributed by atoms with Crippen molar-refractivity contribution >= 4 is 11.9 Å². The van der Waals surface area contributed by atoms with E-state index in [1.807, 2.05) is 24.3 Å². The summed E-state index contributed by atoms with van der Waals surface area (Å²) in [6.45, 7) is 6.45. The number of para-hydroxylation sites is 1. The number of phenolic OH excluding ortho intramolecular Hbond substituents is 1. The molecule has 0 saturated heterocycles. The summed E-state index contributed by atoms with van der Waals surface area (Å²) < 4.78 is 10.5. The van der Waals surface area contributed by atoms with Gasteiger partial charge in [-0.05, 0) is 35.2 Å². The SMILES string of the molecule is COc1ccc(C(C)(C)C)cc1N=Cc1cccc(OC)c1O. The third kappa shape index (κ3) is 3.83. The van der Waals surface area contributed by atoms with Crippen LogP contribution in [0.3, 0.4) is 0 Å². The van der Waals surface area contributed by atoms with Gasteiger partial charge in [-0.3, -0.25) is 4.99 Å². The number of aromatic hydroxyl groups is 1. The highest BCUT2D eigenvalue weighted by Crippen LogP contribution is 2.34. The van der Waals surface area contributed by atoms with Crippen molar-refractivity contribution in [3.63, 3.8) is 0 Å². The Morgan fingerprint density at radius 1 is 1.00 bits per heavy atom. The molecule has 0 atom stereocenters. The van der Waals surface area contributed by atoms with Crippen LogP contribution in [0, 0.1) is 0 Å². The molecule has 0 unspecified atom stereocenters. The van der Waals surface area contributed by atoms with E-state index < -0.39 is 0 Å². The Hall–Kier alpha value is -2.49. The molecule has 122 valence electrons. The number of hydrogen-bond donors (Lipinski definition) is 1. The lowest BCUT2D eigenvalue weighted by Crippen LogP contribution is -2.10. The average Bonchev–Trinajstić information content (AvgIpc) is 2.52. The topological polar surface area (TPSA) is 51.0 Å². The van der Waals surface area contributed by atoms with Crippen molar-refractivity contribution in [2.45, 2.75) is 26.2 Å². The van der Waals surface area contributed by atoms with E-state index in [9.17, 15) is 5.11 Å². The van der Waals surface area contributed by atoms with Crippen LogP contribution in [-0.4, -0.2) is 25.5 Å². The molecule has 0 spiro atoms. The number of methoxy groups -OCH3 is 2. The van der Waals surface area contributed by atoms with Crippen molar-refractivity contribution in [1.82, 2.24) is 0 Å². The van der Waals surface area contributed by atoms with E-state index in [4.69, 9.17) is 9.47 Å². The zero-order valence-corrected chi connectivity index (χ0v) is 14.3. The van der Waals surface area contributed by atoms with Gasteiger partial charge < -0.3 is 14.6 Å². The minimum Gasteiger partial charge on any atom is -0.504 e. The molecule has 4 heteroatoms. The highest BCUT2D eigenvalue weighted by Gasteiger charge is 2.15. The minimum absolute atomic E-state index is 0.0225. The highest BCUT2D eigenvalue weighted by atomic mass is 16.5. The quantitative estimate of drug-likeness (QED) is 0.848. The summed E-state index contributed by atoms with van der Waals surface area (Å²) in [5, 5.41) is 10.1. The molecule has 0 heterocycles. The van der Waals surface area contributed by atoms with Gasteiger partial charge in [-0.25, -0.2) is 0 Å². The maximum absolute atomic E-state index is 10.1. The van der Waals surface area contributed by atoms with E-state index >= 15 is 0 Å². The molecule has 0 radical (unpaired) electrons. The summed E-state index contributed by atoms with van der Waals surface area (Å²) in [7, 11) is 3.14. The molecule has 0 saturated carbocycles. The van der Waals surface area contributed by atoms with Gasteiger partial charge in [-0.15, -0.1) is 0 Å². The summed E-state index contributed by atoms with van der Waals surface area (Å²) in [6, 6.07) is 11.3. The molecule has 23 heavy (non-hydrogen) atoms. The van der Waals surface area contributed by atoms with Gasteiger partial charge >= 0.3 is 0 Å². The summed E-state index contributed by atoms with van der Waals surface area (Å²) in [5.41, 5.74) is 2.50. The zero-order chi connectivity index (χ0) is 17.0. The molecule has 0 aliphatic carbocycles. The van der Waals surface area contributed by atoms with Crippen molar-refractivity contribution in [2.75, 3.05) is 14.2 Å². The highest BCUT2D eigenvalue weighted by molar-refractivity contribution is 5.87. The van der Waals surface area contributed by atoms with Crippen molar-refractivity contribution in [2.24, 2.45) is 4.99 Å². The molecule has 0 bridgehead atoms. The first-order valence-electron chi connectivity index (χ1n) is 7.45. The number of ether oxygens (including phenoxy) is 2. The lowest BCUT2D eigenvalue weighted by molar-refractivity contribution is 0.373. The Morgan fingerprint density at radius 3 is 2.30 bits per heavy atom. The number of hydrogen-bond acceptors (Lipinski definition) is 4. The number of nitrogens with zero attached hydrogens (tertiary/aromatic N) is 1. The maximum atomic E-state index is 10.1. The second kappa shape index (κ2) is 6.73. The van der Waals surface area contributed by atoms with Crippen molar-refractivity contribution in [3.8, 4) is 17.2 Å². The molecule has 4 nitrogen and oxygen atoms in total. The van der Waals surface area contributed by atoms with Crippen molar-refractivity contribution in [3.05, 3.63) is 47.5 Å². The number of benzene rings is 2. The molecule has 0 fully saturated rings. The smallest absolute Gasteiger partial charge is 0.166 e. The summed E-state index contributed by atoms with van der Waals surface area (Å²) in [5.74, 6) is 1.19. The Labute approximate surface area is 137 Å². The first kappa shape index (κ1) is 16.9. The molecule has 0 aliphatic heterocycles. The lowest BCUT2D eigenvalue weighted by atomic mass is 9.87. The van der Waals surface area contributed by atoms with Crippen LogP contribution in [0.15, 0.2) is 41.4 Å². The molecule has 2 rings (SSSR count). The number of aliphatic imine (C=N–C) groups is 1. The maximum Gasteiger partial charge on any atom is 0.166 e. The zero-order valence-electron chi connectivity index (χ0n) is 14.3. The molecular weight excluding hydrogens is 290 g/mol. The van der Waals surface area contributed by atoms with Gasteiger partial charge in [0.05, 0.1) is 14.2 Å². The Bertz CT molecular complexity index is 715. The summed E-state index contributed by atoms with van der Waals surface area (Å²) in [6.07, 6.45) is 1.61. The predicted molar refractivity (Wildman–Crippen MR) is 93.6 cm³/mol. The number of rotatable bonds is 4. The summed E-state index contributed by atoms with van der Waals surface area (Å²) in [4.78, 5) is 4.49. The van der Waals surface area contributed by atoms with Crippen molar-refractivity contribution in [1.29, 1.82) is 0 Å². The molecule has 2 aromatic rings. The van der Waals surface area contributed by atoms with E-state index in [1.165, 1.54) is 12.7 Å². The number of phenols is 1. The van der Waals surface area contributed by atoms with Crippen LogP contribution in [0.2, 0.25) is 0 Å². The Balaban J connectivity index is 2.42. The van der Waals surface area contributed by atoms with Crippen molar-refractivity contribution < 1.29 is 14.6 Å². The van der Waals surface area contributed by atoms with Gasteiger partial charge in [-0.2, -0.15) is 0 Å². The van der Waals surface area contributed by atoms with Gasteiger partial charge in [0, 0.05) is 11.8 Å². The van der Waals surface area contributed by atoms with Crippen LogP contribution in [0.5, 0.6) is 17.2 Å². The summed E-state index contributed by atoms with van der Waals surface area (Å²) >= 11 is 0. The van der Waals surface area contributed by atoms with E-state index in [0.29, 0.717) is 17.1 Å². The van der Waals surface area contributed by atoms with Crippen LogP contribution in [0.25, 0.3) is 0 Å². The van der Waals surface area contributed by atoms with Gasteiger partial charge in [-0.1, -0.05) is 32.9 Å². The largest absolute Gasteiger partial charge is 0.504 e. The Morgan fingerprint density at radius 2 is 1.70 bits per heavy atom. The van der Waals surface area contributed by atoms with Crippen LogP contribution < -0.4 is 9.47 Å². The second-order valence-electron chi connectivity index (χ2n) is 6.29. The Kier molecular flexibility index (Phi) is 4.94. The van der Waals surface area contributed by atoms with E-state index in [1.54, 1.807) is 25.5 Å². The van der Waals surface area contributed by atoms with Gasteiger partial charge in [0.1, 0.15) is 11.4 Å². The van der Waals surface area contributed by atoms with Crippen LogP contribution in [0.1, 0.15) is 31.9 Å². The third-order valence-electron chi connectivity index (χ3n) is 3.64. The predicted octanol–water partition coefficient (Wildman–Crippen LogP) is 4.46. The molecular formula is C19H23NO3. The molecule has 0 aliphatic rings. The normalized spacial score (nSPS) is 11.7. The van der Waals surface area contributed by atoms with E-state index in [0.717, 1.165) is 5.69 Å². The second-order valence-corrected chi connectivity index (χ2v) is 6.29. The molecule has 0 aromatic heterocycles. The minimum atomic E-state index is 0.0225. The molecule has 2 aromatic carbocycles. The van der Waals surface area contributed by atoms with Crippen LogP contribution in [0.4, 0.5) is 5.69 Å². The van der Waals surface area contributed by atoms with E-state index in [-0.39, 0.29) is 11.2 Å². The van der Waals surface area contributed by atoms with Gasteiger partial charge in [0.15, 0.2) is 11.5 Å². The first-order valence-corrected chi connectivity index (χ1v) is 7.45. The lowest BCUT2D eigenvalue weighted by Gasteiger charge is -2.20. The van der Waals surface area contributed by atoms with Crippen LogP contribution >= 0.6 is 0 Å². The monoisotopic (exact) mass is 313 g/mol. The fourth-order valence-electron chi connectivity index (χ4n) is 2.20. The standard InChI is InChI=1S/C19H23NO3/c1-19(2,3)14-9-10-16(22-4)15(11-14)20-12-13-7-6-8-17(23-5)18(13)21/h6-12,21H,1-5H3. The average molecular weight is 313 g/mol. The molecule has 0 amide bonds. The van der Waals surface area contributed by atoms with E-state index in [2.05, 4.69) is 25.8 Å². The van der Waals surface area contributed by atoms with Gasteiger partial charge in [0.2, 0.25) is 0 Å².